The molecule has 2 rings (SSSR count). The van der Waals surface area contributed by atoms with Gasteiger partial charge in [-0.1, -0.05) is 12.1 Å². The van der Waals surface area contributed by atoms with Gasteiger partial charge in [0, 0.05) is 38.8 Å². The highest BCUT2D eigenvalue weighted by atomic mass is 127. The van der Waals surface area contributed by atoms with E-state index in [-0.39, 0.29) is 35.6 Å². The highest BCUT2D eigenvalue weighted by Crippen LogP contribution is 2.16. The second-order valence-corrected chi connectivity index (χ2v) is 7.51. The zero-order chi connectivity index (χ0) is 19.0. The molecule has 0 spiro atoms. The van der Waals surface area contributed by atoms with E-state index in [0.29, 0.717) is 6.54 Å². The van der Waals surface area contributed by atoms with Gasteiger partial charge < -0.3 is 20.1 Å². The van der Waals surface area contributed by atoms with Crippen molar-refractivity contribution in [2.75, 3.05) is 39.9 Å². The molecule has 1 heterocycles. The zero-order valence-electron chi connectivity index (χ0n) is 17.2. The number of hydrogen-bond acceptors (Lipinski definition) is 4. The standard InChI is InChI=1S/C20H34N4O2.HI/c1-16(2)26-18-8-6-7-17(13-18)14-22-19(21-5)23-15-20(3,4)24-9-11-25-12-10-24;/h6-8,13,16H,9-12,14-15H2,1-5H3,(H2,21,22,23);1H. The molecule has 0 unspecified atom stereocenters. The molecule has 1 aromatic rings. The maximum Gasteiger partial charge on any atom is 0.191 e. The normalized spacial score (nSPS) is 16.0. The summed E-state index contributed by atoms with van der Waals surface area (Å²) >= 11 is 0. The molecule has 1 aromatic carbocycles. The summed E-state index contributed by atoms with van der Waals surface area (Å²) in [6.07, 6.45) is 0.176. The molecule has 1 aliphatic heterocycles. The third-order valence-corrected chi connectivity index (χ3v) is 4.51. The van der Waals surface area contributed by atoms with E-state index in [4.69, 9.17) is 9.47 Å². The number of morpholine rings is 1. The van der Waals surface area contributed by atoms with Crippen molar-refractivity contribution < 1.29 is 9.47 Å². The van der Waals surface area contributed by atoms with Crippen LogP contribution in [-0.4, -0.2) is 62.4 Å². The Labute approximate surface area is 181 Å². The second kappa shape index (κ2) is 11.7. The van der Waals surface area contributed by atoms with E-state index < -0.39 is 0 Å². The minimum atomic E-state index is 0. The van der Waals surface area contributed by atoms with Gasteiger partial charge in [0.1, 0.15) is 5.75 Å². The first-order chi connectivity index (χ1) is 12.4. The molecule has 0 aromatic heterocycles. The molecular weight excluding hydrogens is 455 g/mol. The number of rotatable bonds is 7. The van der Waals surface area contributed by atoms with Crippen molar-refractivity contribution in [3.8, 4) is 5.75 Å². The third-order valence-electron chi connectivity index (χ3n) is 4.51. The summed E-state index contributed by atoms with van der Waals surface area (Å²) in [5.41, 5.74) is 1.21. The van der Waals surface area contributed by atoms with Crippen molar-refractivity contribution in [1.29, 1.82) is 0 Å². The van der Waals surface area contributed by atoms with Crippen LogP contribution in [0.4, 0.5) is 0 Å². The highest BCUT2D eigenvalue weighted by molar-refractivity contribution is 14.0. The number of hydrogen-bond donors (Lipinski definition) is 2. The molecule has 6 nitrogen and oxygen atoms in total. The van der Waals surface area contributed by atoms with Gasteiger partial charge in [-0.25, -0.2) is 0 Å². The Morgan fingerprint density at radius 1 is 1.26 bits per heavy atom. The van der Waals surface area contributed by atoms with E-state index in [1.54, 1.807) is 7.05 Å². The van der Waals surface area contributed by atoms with Crippen LogP contribution >= 0.6 is 24.0 Å². The SMILES string of the molecule is CN=C(NCc1cccc(OC(C)C)c1)NCC(C)(C)N1CCOCC1.I. The van der Waals surface area contributed by atoms with Gasteiger partial charge in [0.15, 0.2) is 5.96 Å². The molecule has 0 atom stereocenters. The Kier molecular flexibility index (Phi) is 10.4. The lowest BCUT2D eigenvalue weighted by atomic mass is 10.0. The van der Waals surface area contributed by atoms with Crippen molar-refractivity contribution in [3.05, 3.63) is 29.8 Å². The van der Waals surface area contributed by atoms with E-state index in [9.17, 15) is 0 Å². The Morgan fingerprint density at radius 2 is 1.96 bits per heavy atom. The molecule has 2 N–H and O–H groups in total. The maximum absolute atomic E-state index is 5.76. The molecular formula is C20H35IN4O2. The van der Waals surface area contributed by atoms with Crippen LogP contribution < -0.4 is 15.4 Å². The quantitative estimate of drug-likeness (QED) is 0.350. The summed E-state index contributed by atoms with van der Waals surface area (Å²) in [7, 11) is 1.80. The summed E-state index contributed by atoms with van der Waals surface area (Å²) in [5, 5.41) is 6.83. The van der Waals surface area contributed by atoms with Gasteiger partial charge in [-0.2, -0.15) is 0 Å². The first kappa shape index (κ1) is 24.0. The summed E-state index contributed by atoms with van der Waals surface area (Å²) in [6, 6.07) is 8.16. The van der Waals surface area contributed by atoms with Crippen molar-refractivity contribution in [1.82, 2.24) is 15.5 Å². The molecule has 1 aliphatic rings. The molecule has 1 fully saturated rings. The van der Waals surface area contributed by atoms with E-state index in [0.717, 1.165) is 44.6 Å². The van der Waals surface area contributed by atoms with Gasteiger partial charge in [-0.05, 0) is 45.4 Å². The van der Waals surface area contributed by atoms with Crippen molar-refractivity contribution in [3.63, 3.8) is 0 Å². The lowest BCUT2D eigenvalue weighted by molar-refractivity contribution is -0.00834. The maximum atomic E-state index is 5.76. The van der Waals surface area contributed by atoms with E-state index >= 15 is 0 Å². The van der Waals surface area contributed by atoms with Crippen LogP contribution in [0.2, 0.25) is 0 Å². The number of benzene rings is 1. The van der Waals surface area contributed by atoms with Crippen LogP contribution in [0, 0.1) is 0 Å². The predicted octanol–water partition coefficient (Wildman–Crippen LogP) is 2.87. The van der Waals surface area contributed by atoms with Crippen molar-refractivity contribution >= 4 is 29.9 Å². The van der Waals surface area contributed by atoms with Gasteiger partial charge >= 0.3 is 0 Å². The first-order valence-electron chi connectivity index (χ1n) is 9.43. The second-order valence-electron chi connectivity index (χ2n) is 7.51. The molecule has 0 aliphatic carbocycles. The molecule has 0 radical (unpaired) electrons. The summed E-state index contributed by atoms with van der Waals surface area (Å²) in [4.78, 5) is 6.80. The Bertz CT molecular complexity index is 587. The smallest absolute Gasteiger partial charge is 0.191 e. The monoisotopic (exact) mass is 490 g/mol. The summed E-state index contributed by atoms with van der Waals surface area (Å²) in [5.74, 6) is 1.71. The van der Waals surface area contributed by atoms with Crippen LogP contribution in [-0.2, 0) is 11.3 Å². The fourth-order valence-corrected chi connectivity index (χ4v) is 2.99. The molecule has 0 amide bonds. The van der Waals surface area contributed by atoms with E-state index in [2.05, 4.69) is 46.5 Å². The van der Waals surface area contributed by atoms with Crippen LogP contribution in [0.5, 0.6) is 5.75 Å². The topological polar surface area (TPSA) is 58.1 Å². The Hall–Kier alpha value is -1.06. The first-order valence-corrected chi connectivity index (χ1v) is 9.43. The van der Waals surface area contributed by atoms with Crippen LogP contribution in [0.15, 0.2) is 29.3 Å². The summed E-state index contributed by atoms with van der Waals surface area (Å²) < 4.78 is 11.2. The number of guanidine groups is 1. The highest BCUT2D eigenvalue weighted by Gasteiger charge is 2.28. The molecule has 7 heteroatoms. The van der Waals surface area contributed by atoms with Gasteiger partial charge in [0.05, 0.1) is 19.3 Å². The Balaban J connectivity index is 0.00000364. The molecule has 154 valence electrons. The van der Waals surface area contributed by atoms with Crippen LogP contribution in [0.1, 0.15) is 33.3 Å². The van der Waals surface area contributed by atoms with Crippen LogP contribution in [0.3, 0.4) is 0 Å². The van der Waals surface area contributed by atoms with Gasteiger partial charge in [0.2, 0.25) is 0 Å². The molecule has 1 saturated heterocycles. The molecule has 0 bridgehead atoms. The third kappa shape index (κ3) is 8.23. The van der Waals surface area contributed by atoms with Crippen molar-refractivity contribution in [2.45, 2.75) is 45.9 Å². The van der Waals surface area contributed by atoms with E-state index in [1.807, 2.05) is 26.0 Å². The average Bonchev–Trinajstić information content (AvgIpc) is 2.62. The minimum Gasteiger partial charge on any atom is -0.491 e. The summed E-state index contributed by atoms with van der Waals surface area (Å²) in [6.45, 7) is 13.7. The van der Waals surface area contributed by atoms with Gasteiger partial charge in [0.25, 0.3) is 0 Å². The lowest BCUT2D eigenvalue weighted by Gasteiger charge is -2.41. The number of nitrogens with zero attached hydrogens (tertiary/aromatic N) is 2. The minimum absolute atomic E-state index is 0. The van der Waals surface area contributed by atoms with Gasteiger partial charge in [-0.15, -0.1) is 24.0 Å². The van der Waals surface area contributed by atoms with Crippen LogP contribution in [0.25, 0.3) is 0 Å². The predicted molar refractivity (Wildman–Crippen MR) is 122 cm³/mol. The number of nitrogens with one attached hydrogen (secondary N) is 2. The largest absolute Gasteiger partial charge is 0.491 e. The number of halogens is 1. The lowest BCUT2D eigenvalue weighted by Crippen LogP contribution is -2.56. The fourth-order valence-electron chi connectivity index (χ4n) is 2.99. The fraction of sp³-hybridized carbons (Fsp3) is 0.650. The average molecular weight is 490 g/mol. The van der Waals surface area contributed by atoms with E-state index in [1.165, 1.54) is 5.56 Å². The zero-order valence-corrected chi connectivity index (χ0v) is 19.6. The van der Waals surface area contributed by atoms with Crippen molar-refractivity contribution in [2.24, 2.45) is 4.99 Å². The number of ether oxygens (including phenoxy) is 2. The van der Waals surface area contributed by atoms with Gasteiger partial charge in [-0.3, -0.25) is 9.89 Å². The number of aliphatic imine (C=N–C) groups is 1. The molecule has 0 saturated carbocycles. The Morgan fingerprint density at radius 3 is 2.59 bits per heavy atom. The molecule has 27 heavy (non-hydrogen) atoms.